The van der Waals surface area contributed by atoms with Gasteiger partial charge < -0.3 is 0 Å². The van der Waals surface area contributed by atoms with E-state index >= 15 is 0 Å². The van der Waals surface area contributed by atoms with Crippen LogP contribution in [-0.4, -0.2) is 23.5 Å². The molecule has 0 radical (unpaired) electrons. The highest BCUT2D eigenvalue weighted by atomic mass is 15.2. The topological polar surface area (TPSA) is 27.0 Å². The van der Waals surface area contributed by atoms with Crippen LogP contribution in [0, 0.1) is 11.3 Å². The fourth-order valence-corrected chi connectivity index (χ4v) is 2.50. The summed E-state index contributed by atoms with van der Waals surface area (Å²) in [5.41, 5.74) is -0.158. The maximum atomic E-state index is 9.37. The quantitative estimate of drug-likeness (QED) is 0.688. The fourth-order valence-electron chi connectivity index (χ4n) is 2.50. The monoisotopic (exact) mass is 194 g/mol. The lowest BCUT2D eigenvalue weighted by atomic mass is 9.88. The molecule has 1 fully saturated rings. The van der Waals surface area contributed by atoms with E-state index in [9.17, 15) is 5.26 Å². The van der Waals surface area contributed by atoms with Gasteiger partial charge in [-0.2, -0.15) is 5.26 Å². The Bertz CT molecular complexity index is 201. The first kappa shape index (κ1) is 11.5. The smallest absolute Gasteiger partial charge is 0.108 e. The Hall–Kier alpha value is -0.550. The Morgan fingerprint density at radius 3 is 2.29 bits per heavy atom. The van der Waals surface area contributed by atoms with Crippen LogP contribution in [0.25, 0.3) is 0 Å². The molecule has 1 saturated heterocycles. The van der Waals surface area contributed by atoms with Crippen LogP contribution in [-0.2, 0) is 0 Å². The molecule has 2 heteroatoms. The van der Waals surface area contributed by atoms with Crippen molar-refractivity contribution >= 4 is 0 Å². The molecule has 0 saturated carbocycles. The maximum absolute atomic E-state index is 9.37. The third-order valence-corrected chi connectivity index (χ3v) is 3.42. The van der Waals surface area contributed by atoms with E-state index < -0.39 is 0 Å². The van der Waals surface area contributed by atoms with Gasteiger partial charge in [-0.1, -0.05) is 26.7 Å². The zero-order valence-corrected chi connectivity index (χ0v) is 9.55. The van der Waals surface area contributed by atoms with Crippen LogP contribution in [0.15, 0.2) is 0 Å². The highest BCUT2D eigenvalue weighted by molar-refractivity contribution is 5.07. The molecule has 0 amide bonds. The summed E-state index contributed by atoms with van der Waals surface area (Å²) in [5, 5.41) is 9.37. The molecule has 0 aliphatic carbocycles. The minimum absolute atomic E-state index is 0.158. The Labute approximate surface area is 87.9 Å². The Balaban J connectivity index is 2.69. The lowest BCUT2D eigenvalue weighted by Gasteiger charge is -2.40. The van der Waals surface area contributed by atoms with Crippen LogP contribution >= 0.6 is 0 Å². The van der Waals surface area contributed by atoms with Gasteiger partial charge in [0.25, 0.3) is 0 Å². The average Bonchev–Trinajstić information content (AvgIpc) is 2.27. The predicted molar refractivity (Wildman–Crippen MR) is 59.0 cm³/mol. The summed E-state index contributed by atoms with van der Waals surface area (Å²) in [5.74, 6) is 0. The van der Waals surface area contributed by atoms with Crippen molar-refractivity contribution in [1.29, 1.82) is 5.26 Å². The van der Waals surface area contributed by atoms with Crippen LogP contribution in [0.5, 0.6) is 0 Å². The van der Waals surface area contributed by atoms with Crippen LogP contribution in [0.1, 0.15) is 52.4 Å². The molecular weight excluding hydrogens is 172 g/mol. The summed E-state index contributed by atoms with van der Waals surface area (Å²) in [6.45, 7) is 6.57. The molecule has 2 nitrogen and oxygen atoms in total. The zero-order valence-electron chi connectivity index (χ0n) is 9.55. The highest BCUT2D eigenvalue weighted by Gasteiger charge is 2.34. The predicted octanol–water partition coefficient (Wildman–Crippen LogP) is 2.94. The molecule has 1 unspecified atom stereocenters. The SMILES string of the molecule is CCCC(C#N)(CC)N1CCCCC1. The number of hydrogen-bond acceptors (Lipinski definition) is 2. The number of nitriles is 1. The van der Waals surface area contributed by atoms with E-state index in [1.54, 1.807) is 0 Å². The summed E-state index contributed by atoms with van der Waals surface area (Å²) >= 11 is 0. The summed E-state index contributed by atoms with van der Waals surface area (Å²) < 4.78 is 0. The van der Waals surface area contributed by atoms with Crippen LogP contribution in [0.2, 0.25) is 0 Å². The van der Waals surface area contributed by atoms with Gasteiger partial charge in [0.15, 0.2) is 0 Å². The molecule has 0 spiro atoms. The lowest BCUT2D eigenvalue weighted by molar-refractivity contribution is 0.0980. The molecule has 0 N–H and O–H groups in total. The molecule has 1 atom stereocenters. The molecule has 14 heavy (non-hydrogen) atoms. The van der Waals surface area contributed by atoms with Gasteiger partial charge in [-0.05, 0) is 38.8 Å². The zero-order chi connectivity index (χ0) is 10.4. The van der Waals surface area contributed by atoms with Crippen molar-refractivity contribution < 1.29 is 0 Å². The molecule has 0 aromatic heterocycles. The van der Waals surface area contributed by atoms with Crippen molar-refractivity contribution in [2.45, 2.75) is 57.9 Å². The molecule has 1 heterocycles. The van der Waals surface area contributed by atoms with Gasteiger partial charge in [-0.15, -0.1) is 0 Å². The molecule has 0 aromatic rings. The van der Waals surface area contributed by atoms with Crippen molar-refractivity contribution in [3.8, 4) is 6.07 Å². The van der Waals surface area contributed by atoms with E-state index in [0.29, 0.717) is 0 Å². The molecule has 0 bridgehead atoms. The fraction of sp³-hybridized carbons (Fsp3) is 0.917. The third kappa shape index (κ3) is 2.27. The summed E-state index contributed by atoms with van der Waals surface area (Å²) in [6.07, 6.45) is 6.99. The van der Waals surface area contributed by atoms with E-state index in [1.165, 1.54) is 19.3 Å². The maximum Gasteiger partial charge on any atom is 0.108 e. The van der Waals surface area contributed by atoms with Gasteiger partial charge in [0.2, 0.25) is 0 Å². The van der Waals surface area contributed by atoms with Gasteiger partial charge in [0.05, 0.1) is 6.07 Å². The summed E-state index contributed by atoms with van der Waals surface area (Å²) in [6, 6.07) is 2.56. The number of likely N-dealkylation sites (tertiary alicyclic amines) is 1. The molecular formula is C12H22N2. The summed E-state index contributed by atoms with van der Waals surface area (Å²) in [7, 11) is 0. The molecule has 0 aromatic carbocycles. The standard InChI is InChI=1S/C12H22N2/c1-3-8-12(4-2,11-13)14-9-6-5-7-10-14/h3-10H2,1-2H3. The average molecular weight is 194 g/mol. The lowest BCUT2D eigenvalue weighted by Crippen LogP contribution is -2.49. The van der Waals surface area contributed by atoms with Gasteiger partial charge in [0, 0.05) is 0 Å². The number of nitrogens with zero attached hydrogens (tertiary/aromatic N) is 2. The van der Waals surface area contributed by atoms with Gasteiger partial charge in [0.1, 0.15) is 5.54 Å². The van der Waals surface area contributed by atoms with Crippen LogP contribution in [0.3, 0.4) is 0 Å². The molecule has 1 aliphatic heterocycles. The first-order chi connectivity index (χ1) is 6.79. The Morgan fingerprint density at radius 2 is 1.86 bits per heavy atom. The van der Waals surface area contributed by atoms with Crippen molar-refractivity contribution in [2.24, 2.45) is 0 Å². The van der Waals surface area contributed by atoms with E-state index in [0.717, 1.165) is 32.4 Å². The van der Waals surface area contributed by atoms with Crippen LogP contribution in [0.4, 0.5) is 0 Å². The number of hydrogen-bond donors (Lipinski definition) is 0. The van der Waals surface area contributed by atoms with Crippen molar-refractivity contribution in [3.63, 3.8) is 0 Å². The minimum atomic E-state index is -0.158. The van der Waals surface area contributed by atoms with Gasteiger partial charge >= 0.3 is 0 Å². The third-order valence-electron chi connectivity index (χ3n) is 3.42. The Kier molecular flexibility index (Phi) is 4.41. The minimum Gasteiger partial charge on any atom is -0.286 e. The van der Waals surface area contributed by atoms with Gasteiger partial charge in [-0.25, -0.2) is 0 Å². The van der Waals surface area contributed by atoms with E-state index in [1.807, 2.05) is 0 Å². The highest BCUT2D eigenvalue weighted by Crippen LogP contribution is 2.28. The molecule has 80 valence electrons. The number of rotatable bonds is 4. The first-order valence-corrected chi connectivity index (χ1v) is 5.95. The van der Waals surface area contributed by atoms with Crippen molar-refractivity contribution in [2.75, 3.05) is 13.1 Å². The molecule has 1 aliphatic rings. The van der Waals surface area contributed by atoms with Gasteiger partial charge in [-0.3, -0.25) is 4.90 Å². The largest absolute Gasteiger partial charge is 0.286 e. The van der Waals surface area contributed by atoms with E-state index in [4.69, 9.17) is 0 Å². The molecule has 1 rings (SSSR count). The first-order valence-electron chi connectivity index (χ1n) is 5.95. The summed E-state index contributed by atoms with van der Waals surface area (Å²) in [4.78, 5) is 2.42. The van der Waals surface area contributed by atoms with Crippen molar-refractivity contribution in [3.05, 3.63) is 0 Å². The Morgan fingerprint density at radius 1 is 1.21 bits per heavy atom. The van der Waals surface area contributed by atoms with Crippen molar-refractivity contribution in [1.82, 2.24) is 4.90 Å². The second kappa shape index (κ2) is 5.36. The second-order valence-electron chi connectivity index (χ2n) is 4.29. The van der Waals surface area contributed by atoms with E-state index in [-0.39, 0.29) is 5.54 Å². The normalized spacial score (nSPS) is 22.6. The van der Waals surface area contributed by atoms with E-state index in [2.05, 4.69) is 24.8 Å². The second-order valence-corrected chi connectivity index (χ2v) is 4.29. The number of piperidine rings is 1. The van der Waals surface area contributed by atoms with Crippen LogP contribution < -0.4 is 0 Å².